The summed E-state index contributed by atoms with van der Waals surface area (Å²) in [4.78, 5) is 21.6. The molecule has 138 valence electrons. The van der Waals surface area contributed by atoms with Gasteiger partial charge in [-0.1, -0.05) is 67.6 Å². The van der Waals surface area contributed by atoms with Gasteiger partial charge in [-0.05, 0) is 18.9 Å². The largest absolute Gasteiger partial charge is 0.363 e. The van der Waals surface area contributed by atoms with Crippen LogP contribution in [0.4, 0.5) is 5.82 Å². The Bertz CT molecular complexity index is 881. The predicted octanol–water partition coefficient (Wildman–Crippen LogP) is 4.46. The number of rotatable bonds is 7. The van der Waals surface area contributed by atoms with Gasteiger partial charge in [-0.15, -0.1) is 0 Å². The molecular formula is C22H24N4O. The lowest BCUT2D eigenvalue weighted by molar-refractivity contribution is 0.0948. The van der Waals surface area contributed by atoms with Crippen molar-refractivity contribution >= 4 is 11.7 Å². The molecule has 0 fully saturated rings. The van der Waals surface area contributed by atoms with Crippen LogP contribution in [-0.4, -0.2) is 22.4 Å². The van der Waals surface area contributed by atoms with E-state index in [1.165, 1.54) is 0 Å². The van der Waals surface area contributed by atoms with Crippen molar-refractivity contribution in [3.8, 4) is 11.4 Å². The molecule has 2 N–H and O–H groups in total. The van der Waals surface area contributed by atoms with Crippen LogP contribution >= 0.6 is 0 Å². The van der Waals surface area contributed by atoms with E-state index in [0.717, 1.165) is 17.5 Å². The summed E-state index contributed by atoms with van der Waals surface area (Å²) >= 11 is 0. The van der Waals surface area contributed by atoms with Crippen LogP contribution < -0.4 is 10.6 Å². The Balaban J connectivity index is 1.93. The predicted molar refractivity (Wildman–Crippen MR) is 109 cm³/mol. The van der Waals surface area contributed by atoms with Gasteiger partial charge in [0.05, 0.1) is 0 Å². The summed E-state index contributed by atoms with van der Waals surface area (Å²) in [5, 5.41) is 6.27. The molecule has 0 bridgehead atoms. The number of nitrogens with zero attached hydrogens (tertiary/aromatic N) is 2. The van der Waals surface area contributed by atoms with Crippen molar-refractivity contribution in [2.45, 2.75) is 26.3 Å². The standard InChI is InChI=1S/C22H24N4O/c1-3-14-23-22(27)19-15-20(24-16(2)17-10-6-4-7-11-17)26-21(25-19)18-12-8-5-9-13-18/h4-13,15-16H,3,14H2,1-2H3,(H,23,27)(H,24,25,26). The summed E-state index contributed by atoms with van der Waals surface area (Å²) in [5.74, 6) is 0.969. The van der Waals surface area contributed by atoms with Crippen LogP contribution in [0.5, 0.6) is 0 Å². The first-order chi connectivity index (χ1) is 13.2. The lowest BCUT2D eigenvalue weighted by Gasteiger charge is -2.16. The molecule has 2 aromatic carbocycles. The van der Waals surface area contributed by atoms with Crippen LogP contribution in [0.1, 0.15) is 42.4 Å². The maximum absolute atomic E-state index is 12.5. The molecule has 0 aliphatic carbocycles. The fourth-order valence-electron chi connectivity index (χ4n) is 2.73. The SMILES string of the molecule is CCCNC(=O)c1cc(NC(C)c2ccccc2)nc(-c2ccccc2)n1. The highest BCUT2D eigenvalue weighted by Gasteiger charge is 2.14. The third kappa shape index (κ3) is 4.91. The van der Waals surface area contributed by atoms with Crippen molar-refractivity contribution in [3.63, 3.8) is 0 Å². The molecule has 1 unspecified atom stereocenters. The van der Waals surface area contributed by atoms with E-state index in [2.05, 4.69) is 39.7 Å². The third-order valence-electron chi connectivity index (χ3n) is 4.19. The minimum absolute atomic E-state index is 0.0521. The molecule has 1 amide bonds. The van der Waals surface area contributed by atoms with Gasteiger partial charge in [0.2, 0.25) is 0 Å². The molecule has 1 heterocycles. The number of anilines is 1. The van der Waals surface area contributed by atoms with Crippen molar-refractivity contribution in [3.05, 3.63) is 78.0 Å². The van der Waals surface area contributed by atoms with E-state index in [1.54, 1.807) is 6.07 Å². The van der Waals surface area contributed by atoms with Crippen molar-refractivity contribution in [1.29, 1.82) is 0 Å². The molecule has 1 aromatic heterocycles. The van der Waals surface area contributed by atoms with Gasteiger partial charge < -0.3 is 10.6 Å². The second kappa shape index (κ2) is 8.94. The number of carbonyl (C=O) groups is 1. The van der Waals surface area contributed by atoms with Gasteiger partial charge >= 0.3 is 0 Å². The summed E-state index contributed by atoms with van der Waals surface area (Å²) in [7, 11) is 0. The summed E-state index contributed by atoms with van der Waals surface area (Å²) in [6, 6.07) is 21.6. The molecular weight excluding hydrogens is 336 g/mol. The number of nitrogens with one attached hydrogen (secondary N) is 2. The average molecular weight is 360 g/mol. The van der Waals surface area contributed by atoms with Gasteiger partial charge in [-0.2, -0.15) is 0 Å². The van der Waals surface area contributed by atoms with Crippen LogP contribution in [0.3, 0.4) is 0 Å². The third-order valence-corrected chi connectivity index (χ3v) is 4.19. The van der Waals surface area contributed by atoms with Gasteiger partial charge in [-0.25, -0.2) is 9.97 Å². The minimum Gasteiger partial charge on any atom is -0.363 e. The van der Waals surface area contributed by atoms with E-state index in [0.29, 0.717) is 23.9 Å². The highest BCUT2D eigenvalue weighted by atomic mass is 16.1. The van der Waals surface area contributed by atoms with Crippen molar-refractivity contribution in [2.24, 2.45) is 0 Å². The van der Waals surface area contributed by atoms with Gasteiger partial charge in [-0.3, -0.25) is 4.79 Å². The van der Waals surface area contributed by atoms with E-state index >= 15 is 0 Å². The number of hydrogen-bond donors (Lipinski definition) is 2. The Morgan fingerprint density at radius 1 is 1.00 bits per heavy atom. The Hall–Kier alpha value is -3.21. The zero-order chi connectivity index (χ0) is 19.1. The van der Waals surface area contributed by atoms with Gasteiger partial charge in [0.25, 0.3) is 5.91 Å². The van der Waals surface area contributed by atoms with Crippen LogP contribution in [0, 0.1) is 0 Å². The number of carbonyl (C=O) groups excluding carboxylic acids is 1. The van der Waals surface area contributed by atoms with Crippen molar-refractivity contribution in [2.75, 3.05) is 11.9 Å². The molecule has 5 nitrogen and oxygen atoms in total. The number of amides is 1. The van der Waals surface area contributed by atoms with Gasteiger partial charge in [0, 0.05) is 24.2 Å². The smallest absolute Gasteiger partial charge is 0.270 e. The first kappa shape index (κ1) is 18.6. The first-order valence-electron chi connectivity index (χ1n) is 9.21. The monoisotopic (exact) mass is 360 g/mol. The highest BCUT2D eigenvalue weighted by molar-refractivity contribution is 5.93. The molecule has 3 rings (SSSR count). The zero-order valence-corrected chi connectivity index (χ0v) is 15.6. The average Bonchev–Trinajstić information content (AvgIpc) is 2.73. The molecule has 0 aliphatic heterocycles. The molecule has 3 aromatic rings. The fourth-order valence-corrected chi connectivity index (χ4v) is 2.73. The van der Waals surface area contributed by atoms with Crippen LogP contribution in [-0.2, 0) is 0 Å². The summed E-state index contributed by atoms with van der Waals surface area (Å²) in [5.41, 5.74) is 2.38. The van der Waals surface area contributed by atoms with Crippen molar-refractivity contribution in [1.82, 2.24) is 15.3 Å². The topological polar surface area (TPSA) is 66.9 Å². The van der Waals surface area contributed by atoms with Crippen LogP contribution in [0.2, 0.25) is 0 Å². The maximum atomic E-state index is 12.5. The second-order valence-electron chi connectivity index (χ2n) is 6.36. The quantitative estimate of drug-likeness (QED) is 0.653. The van der Waals surface area contributed by atoms with Crippen LogP contribution in [0.15, 0.2) is 66.7 Å². The van der Waals surface area contributed by atoms with E-state index in [9.17, 15) is 4.79 Å². The molecule has 27 heavy (non-hydrogen) atoms. The molecule has 0 radical (unpaired) electrons. The lowest BCUT2D eigenvalue weighted by Crippen LogP contribution is -2.25. The summed E-state index contributed by atoms with van der Waals surface area (Å²) in [6.07, 6.45) is 0.874. The van der Waals surface area contributed by atoms with Crippen molar-refractivity contribution < 1.29 is 4.79 Å². The molecule has 1 atom stereocenters. The van der Waals surface area contributed by atoms with E-state index < -0.39 is 0 Å². The highest BCUT2D eigenvalue weighted by Crippen LogP contribution is 2.22. The number of aromatic nitrogens is 2. The van der Waals surface area contributed by atoms with Gasteiger partial charge in [0.15, 0.2) is 5.82 Å². The molecule has 0 spiro atoms. The van der Waals surface area contributed by atoms with Gasteiger partial charge in [0.1, 0.15) is 11.5 Å². The number of hydrogen-bond acceptors (Lipinski definition) is 4. The molecule has 0 saturated heterocycles. The Labute approximate surface area is 159 Å². The summed E-state index contributed by atoms with van der Waals surface area (Å²) in [6.45, 7) is 4.70. The normalized spacial score (nSPS) is 11.6. The van der Waals surface area contributed by atoms with E-state index in [-0.39, 0.29) is 11.9 Å². The Morgan fingerprint density at radius 2 is 1.67 bits per heavy atom. The van der Waals surface area contributed by atoms with Crippen LogP contribution in [0.25, 0.3) is 11.4 Å². The molecule has 0 saturated carbocycles. The van der Waals surface area contributed by atoms with E-state index in [1.807, 2.05) is 55.5 Å². The lowest BCUT2D eigenvalue weighted by atomic mass is 10.1. The molecule has 0 aliphatic rings. The van der Waals surface area contributed by atoms with E-state index in [4.69, 9.17) is 0 Å². The number of benzene rings is 2. The fraction of sp³-hybridized carbons (Fsp3) is 0.227. The Morgan fingerprint density at radius 3 is 2.33 bits per heavy atom. The minimum atomic E-state index is -0.188. The maximum Gasteiger partial charge on any atom is 0.270 e. The first-order valence-corrected chi connectivity index (χ1v) is 9.21. The Kier molecular flexibility index (Phi) is 6.15. The zero-order valence-electron chi connectivity index (χ0n) is 15.6. The molecule has 5 heteroatoms. The second-order valence-corrected chi connectivity index (χ2v) is 6.36. The summed E-state index contributed by atoms with van der Waals surface area (Å²) < 4.78 is 0.